The van der Waals surface area contributed by atoms with Gasteiger partial charge in [0.25, 0.3) is 0 Å². The molecule has 0 spiro atoms. The third-order valence-electron chi connectivity index (χ3n) is 6.50. The quantitative estimate of drug-likeness (QED) is 0.449. The largest absolute Gasteiger partial charge is 0.508 e. The molecule has 0 radical (unpaired) electrons. The highest BCUT2D eigenvalue weighted by Crippen LogP contribution is 2.45. The van der Waals surface area contributed by atoms with E-state index in [2.05, 4.69) is 12.1 Å². The summed E-state index contributed by atoms with van der Waals surface area (Å²) in [5, 5.41) is 32.2. The van der Waals surface area contributed by atoms with Gasteiger partial charge in [-0.1, -0.05) is 48.0 Å². The van der Waals surface area contributed by atoms with Crippen molar-refractivity contribution in [3.63, 3.8) is 0 Å². The molecule has 3 aromatic carbocycles. The first-order valence-corrected chi connectivity index (χ1v) is 12.0. The van der Waals surface area contributed by atoms with Crippen LogP contribution in [0.1, 0.15) is 41.4 Å². The topological polar surface area (TPSA) is 92.8 Å². The highest BCUT2D eigenvalue weighted by Gasteiger charge is 2.42. The van der Waals surface area contributed by atoms with Crippen molar-refractivity contribution in [3.05, 3.63) is 88.4 Å². The van der Waals surface area contributed by atoms with Crippen molar-refractivity contribution in [1.29, 1.82) is 10.5 Å². The first kappa shape index (κ1) is 25.3. The van der Waals surface area contributed by atoms with Gasteiger partial charge in [-0.3, -0.25) is 9.80 Å². The van der Waals surface area contributed by atoms with Gasteiger partial charge in [0.15, 0.2) is 0 Å². The Bertz CT molecular complexity index is 1230. The van der Waals surface area contributed by atoms with Gasteiger partial charge in [-0.05, 0) is 36.8 Å². The van der Waals surface area contributed by atoms with Crippen molar-refractivity contribution in [2.45, 2.75) is 24.7 Å². The third kappa shape index (κ3) is 4.82. The predicted octanol–water partition coefficient (Wildman–Crippen LogP) is 5.60. The summed E-state index contributed by atoms with van der Waals surface area (Å²) < 4.78 is 11.1. The van der Waals surface area contributed by atoms with Crippen molar-refractivity contribution in [2.75, 3.05) is 27.3 Å². The molecule has 0 saturated carbocycles. The number of halogens is 1. The Kier molecular flexibility index (Phi) is 7.97. The molecule has 1 heterocycles. The lowest BCUT2D eigenvalue weighted by Crippen LogP contribution is -2.50. The lowest BCUT2D eigenvalue weighted by atomic mass is 9.96. The molecule has 1 aliphatic heterocycles. The molecular formula is C28H27ClN4O3. The molecule has 3 aromatic rings. The second-order valence-electron chi connectivity index (χ2n) is 8.45. The fourth-order valence-electron chi connectivity index (χ4n) is 4.93. The number of nitriles is 2. The molecule has 0 amide bonds. The third-order valence-corrected chi connectivity index (χ3v) is 6.74. The Morgan fingerprint density at radius 2 is 1.36 bits per heavy atom. The second-order valence-corrected chi connectivity index (χ2v) is 8.89. The van der Waals surface area contributed by atoms with Gasteiger partial charge in [-0.15, -0.1) is 0 Å². The number of hydrogen-bond donors (Lipinski definition) is 1. The molecule has 1 saturated heterocycles. The van der Waals surface area contributed by atoms with Crippen LogP contribution in [-0.4, -0.2) is 42.2 Å². The van der Waals surface area contributed by atoms with Gasteiger partial charge in [0.1, 0.15) is 29.3 Å². The van der Waals surface area contributed by atoms with Gasteiger partial charge in [0.2, 0.25) is 0 Å². The average Bonchev–Trinajstić information content (AvgIpc) is 2.92. The van der Waals surface area contributed by atoms with E-state index in [0.717, 1.165) is 0 Å². The Hall–Kier alpha value is -3.75. The van der Waals surface area contributed by atoms with Gasteiger partial charge < -0.3 is 14.6 Å². The highest BCUT2D eigenvalue weighted by atomic mass is 35.5. The standard InChI is InChI=1S/C28H27ClN4O3/c1-35-26-10-5-3-8-20(26)23(17-30)32-14-7-15-33(28(32)22-16-19(29)12-13-25(22)34)24(18-31)21-9-4-6-11-27(21)36-2/h3-6,8-13,16,23-24,28,34H,7,14-15H2,1-2H3. The van der Waals surface area contributed by atoms with E-state index in [-0.39, 0.29) is 5.75 Å². The molecule has 4 rings (SSSR count). The van der Waals surface area contributed by atoms with Crippen molar-refractivity contribution in [1.82, 2.24) is 9.80 Å². The van der Waals surface area contributed by atoms with E-state index in [1.165, 1.54) is 6.07 Å². The van der Waals surface area contributed by atoms with Crippen LogP contribution in [0, 0.1) is 22.7 Å². The molecule has 184 valence electrons. The average molecular weight is 503 g/mol. The zero-order chi connectivity index (χ0) is 25.7. The zero-order valence-corrected chi connectivity index (χ0v) is 20.9. The normalized spacial score (nSPS) is 18.0. The van der Waals surface area contributed by atoms with E-state index < -0.39 is 18.2 Å². The Morgan fingerprint density at radius 1 is 0.861 bits per heavy atom. The van der Waals surface area contributed by atoms with Crippen LogP contribution >= 0.6 is 11.6 Å². The van der Waals surface area contributed by atoms with E-state index in [9.17, 15) is 15.6 Å². The number of phenolic OH excluding ortho intramolecular Hbond substituents is 1. The van der Waals surface area contributed by atoms with Crippen LogP contribution in [0.3, 0.4) is 0 Å². The predicted molar refractivity (Wildman–Crippen MR) is 137 cm³/mol. The Labute approximate surface area is 216 Å². The van der Waals surface area contributed by atoms with Crippen molar-refractivity contribution >= 4 is 11.6 Å². The molecule has 2 atom stereocenters. The minimum absolute atomic E-state index is 0.0368. The van der Waals surface area contributed by atoms with Crippen molar-refractivity contribution in [3.8, 4) is 29.4 Å². The molecule has 8 heteroatoms. The van der Waals surface area contributed by atoms with Crippen LogP contribution in [0.5, 0.6) is 17.2 Å². The smallest absolute Gasteiger partial charge is 0.128 e. The minimum atomic E-state index is -0.704. The van der Waals surface area contributed by atoms with Crippen LogP contribution < -0.4 is 9.47 Å². The molecule has 0 aliphatic carbocycles. The van der Waals surface area contributed by atoms with E-state index in [0.29, 0.717) is 52.7 Å². The van der Waals surface area contributed by atoms with E-state index in [1.807, 2.05) is 58.3 Å². The molecule has 36 heavy (non-hydrogen) atoms. The van der Waals surface area contributed by atoms with Gasteiger partial charge in [-0.25, -0.2) is 0 Å². The van der Waals surface area contributed by atoms with Crippen LogP contribution in [0.4, 0.5) is 0 Å². The van der Waals surface area contributed by atoms with Crippen LogP contribution in [-0.2, 0) is 0 Å². The Balaban J connectivity index is 1.90. The molecule has 0 bridgehead atoms. The fourth-order valence-corrected chi connectivity index (χ4v) is 5.11. The summed E-state index contributed by atoms with van der Waals surface area (Å²) in [6.45, 7) is 1.13. The lowest BCUT2D eigenvalue weighted by molar-refractivity contribution is -0.0304. The monoisotopic (exact) mass is 502 g/mol. The molecular weight excluding hydrogens is 476 g/mol. The number of benzene rings is 3. The molecule has 1 N–H and O–H groups in total. The van der Waals surface area contributed by atoms with E-state index >= 15 is 0 Å². The first-order chi connectivity index (χ1) is 17.5. The maximum atomic E-state index is 10.9. The summed E-state index contributed by atoms with van der Waals surface area (Å²) in [5.74, 6) is 1.23. The number of aromatic hydroxyl groups is 1. The van der Waals surface area contributed by atoms with Crippen LogP contribution in [0.2, 0.25) is 5.02 Å². The first-order valence-electron chi connectivity index (χ1n) is 11.6. The number of phenols is 1. The fraction of sp³-hybridized carbons (Fsp3) is 0.286. The van der Waals surface area contributed by atoms with Crippen LogP contribution in [0.25, 0.3) is 0 Å². The van der Waals surface area contributed by atoms with Gasteiger partial charge in [0, 0.05) is 34.8 Å². The SMILES string of the molecule is COc1ccccc1C(C#N)N1CCCN(C(C#N)c2ccccc2OC)C1c1cc(Cl)ccc1O. The summed E-state index contributed by atoms with van der Waals surface area (Å²) in [7, 11) is 3.15. The highest BCUT2D eigenvalue weighted by molar-refractivity contribution is 6.30. The lowest BCUT2D eigenvalue weighted by Gasteiger charge is -2.47. The number of hydrogen-bond acceptors (Lipinski definition) is 7. The maximum Gasteiger partial charge on any atom is 0.128 e. The molecule has 1 aliphatic rings. The van der Waals surface area contributed by atoms with E-state index in [4.69, 9.17) is 21.1 Å². The Morgan fingerprint density at radius 3 is 1.83 bits per heavy atom. The molecule has 7 nitrogen and oxygen atoms in total. The summed E-state index contributed by atoms with van der Waals surface area (Å²) in [6, 6.07) is 23.1. The van der Waals surface area contributed by atoms with Gasteiger partial charge >= 0.3 is 0 Å². The summed E-state index contributed by atoms with van der Waals surface area (Å²) >= 11 is 6.37. The van der Waals surface area contributed by atoms with Crippen molar-refractivity contribution in [2.24, 2.45) is 0 Å². The molecule has 2 unspecified atom stereocenters. The number of ether oxygens (including phenoxy) is 2. The summed E-state index contributed by atoms with van der Waals surface area (Å²) in [4.78, 5) is 3.99. The summed E-state index contributed by atoms with van der Waals surface area (Å²) in [6.07, 6.45) is 0.0833. The van der Waals surface area contributed by atoms with Crippen LogP contribution in [0.15, 0.2) is 66.7 Å². The number of nitrogens with zero attached hydrogens (tertiary/aromatic N) is 4. The molecule has 1 fully saturated rings. The summed E-state index contributed by atoms with van der Waals surface area (Å²) in [5.41, 5.74) is 1.94. The maximum absolute atomic E-state index is 10.9. The minimum Gasteiger partial charge on any atom is -0.508 e. The van der Waals surface area contributed by atoms with E-state index in [1.54, 1.807) is 26.4 Å². The van der Waals surface area contributed by atoms with Gasteiger partial charge in [-0.2, -0.15) is 10.5 Å². The number of methoxy groups -OCH3 is 2. The number of rotatable bonds is 7. The zero-order valence-electron chi connectivity index (χ0n) is 20.1. The second kappa shape index (κ2) is 11.3. The number of para-hydroxylation sites is 2. The van der Waals surface area contributed by atoms with Gasteiger partial charge in [0.05, 0.1) is 32.5 Å². The molecule has 0 aromatic heterocycles. The van der Waals surface area contributed by atoms with Crippen molar-refractivity contribution < 1.29 is 14.6 Å².